The molecule has 2 bridgehead atoms. The number of nitrogens with zero attached hydrogens (tertiary/aromatic N) is 5. The van der Waals surface area contributed by atoms with Crippen molar-refractivity contribution in [3.63, 3.8) is 0 Å². The van der Waals surface area contributed by atoms with Gasteiger partial charge in [0, 0.05) is 55.1 Å². The van der Waals surface area contributed by atoms with Crippen molar-refractivity contribution in [3.8, 4) is 11.1 Å². The molecule has 3 N–H and O–H groups in total. The number of aromatic nitrogens is 5. The van der Waals surface area contributed by atoms with E-state index in [4.69, 9.17) is 22.3 Å². The molecule has 3 aromatic heterocycles. The summed E-state index contributed by atoms with van der Waals surface area (Å²) in [7, 11) is 3.50. The number of rotatable bonds is 3. The maximum atomic E-state index is 13.6. The molecule has 8 nitrogen and oxygen atoms in total. The molecule has 2 aliphatic rings. The van der Waals surface area contributed by atoms with Crippen molar-refractivity contribution >= 4 is 51.9 Å². The Labute approximate surface area is 210 Å². The fourth-order valence-corrected chi connectivity index (χ4v) is 6.12. The van der Waals surface area contributed by atoms with Gasteiger partial charge in [0.2, 0.25) is 5.95 Å². The highest BCUT2D eigenvalue weighted by Crippen LogP contribution is 2.44. The van der Waals surface area contributed by atoms with Crippen molar-refractivity contribution in [2.45, 2.75) is 49.7 Å². The molecule has 2 fully saturated rings. The van der Waals surface area contributed by atoms with E-state index in [-0.39, 0.29) is 42.9 Å². The van der Waals surface area contributed by atoms with Gasteiger partial charge in [-0.1, -0.05) is 17.7 Å². The number of H-pyrrole nitrogens is 1. The number of aryl methyl sites for hydroxylation is 1. The minimum atomic E-state index is -2.58. The minimum absolute atomic E-state index is 0. The van der Waals surface area contributed by atoms with Gasteiger partial charge in [0.05, 0.1) is 21.5 Å². The summed E-state index contributed by atoms with van der Waals surface area (Å²) in [6, 6.07) is 3.37. The van der Waals surface area contributed by atoms with Crippen molar-refractivity contribution in [1.29, 1.82) is 0 Å². The number of aromatic amines is 1. The van der Waals surface area contributed by atoms with Crippen LogP contribution >= 0.6 is 24.0 Å². The Balaban J connectivity index is 0.00000253. The molecule has 2 aliphatic heterocycles. The summed E-state index contributed by atoms with van der Waals surface area (Å²) in [4.78, 5) is 23.5. The maximum Gasteiger partial charge on any atom is 0.264 e. The lowest BCUT2D eigenvalue weighted by Crippen LogP contribution is -2.60. The predicted octanol–water partition coefficient (Wildman–Crippen LogP) is 3.98. The number of halogens is 4. The van der Waals surface area contributed by atoms with Crippen LogP contribution in [-0.2, 0) is 14.1 Å². The summed E-state index contributed by atoms with van der Waals surface area (Å²) in [6.45, 7) is 0. The molecule has 12 heteroatoms. The fourth-order valence-electron chi connectivity index (χ4n) is 5.81. The van der Waals surface area contributed by atoms with E-state index < -0.39 is 12.0 Å². The van der Waals surface area contributed by atoms with Crippen LogP contribution < -0.4 is 16.2 Å². The molecule has 0 spiro atoms. The van der Waals surface area contributed by atoms with E-state index in [1.165, 1.54) is 4.57 Å². The first kappa shape index (κ1) is 24.0. The van der Waals surface area contributed by atoms with Gasteiger partial charge >= 0.3 is 0 Å². The van der Waals surface area contributed by atoms with Crippen LogP contribution in [0.4, 0.5) is 14.7 Å². The van der Waals surface area contributed by atoms with Crippen LogP contribution in [0.5, 0.6) is 0 Å². The zero-order chi connectivity index (χ0) is 23.9. The number of piperidine rings is 1. The molecule has 1 aromatic carbocycles. The van der Waals surface area contributed by atoms with Crippen molar-refractivity contribution in [2.24, 2.45) is 19.8 Å². The third-order valence-corrected chi connectivity index (χ3v) is 7.84. The van der Waals surface area contributed by atoms with Crippen molar-refractivity contribution in [1.82, 2.24) is 24.3 Å². The second kappa shape index (κ2) is 8.18. The lowest BCUT2D eigenvalue weighted by molar-refractivity contribution is 0.0294. The summed E-state index contributed by atoms with van der Waals surface area (Å²) >= 11 is 6.71. The van der Waals surface area contributed by atoms with Crippen LogP contribution in [0.2, 0.25) is 5.02 Å². The average Bonchev–Trinajstić information content (AvgIpc) is 3.45. The third-order valence-electron chi connectivity index (χ3n) is 7.43. The Morgan fingerprint density at radius 1 is 1.20 bits per heavy atom. The summed E-state index contributed by atoms with van der Waals surface area (Å²) in [5.74, 6) is 0.475. The number of alkyl halides is 2. The van der Waals surface area contributed by atoms with Crippen LogP contribution in [-0.4, -0.2) is 48.4 Å². The van der Waals surface area contributed by atoms with Gasteiger partial charge in [0.1, 0.15) is 5.65 Å². The van der Waals surface area contributed by atoms with Gasteiger partial charge in [-0.3, -0.25) is 14.0 Å². The van der Waals surface area contributed by atoms with E-state index in [1.807, 2.05) is 30.3 Å². The second-order valence-electron chi connectivity index (χ2n) is 9.60. The molecule has 4 aromatic rings. The highest BCUT2D eigenvalue weighted by molar-refractivity contribution is 6.38. The first-order chi connectivity index (χ1) is 16.2. The largest absolute Gasteiger partial charge is 0.345 e. The van der Waals surface area contributed by atoms with E-state index >= 15 is 0 Å². The van der Waals surface area contributed by atoms with Crippen molar-refractivity contribution in [3.05, 3.63) is 39.9 Å². The number of anilines is 1. The molecule has 3 atom stereocenters. The Morgan fingerprint density at radius 2 is 1.89 bits per heavy atom. The molecule has 2 saturated heterocycles. The SMILES string of the molecule is Cl.Cn1cc2c(Cl)c(-c3c[nH]c4nc(N5[C@@H]6CC[C@H]5CC(N)(C(F)F)C6)n(C)c(=O)c34)ccc2n1. The first-order valence-electron chi connectivity index (χ1n) is 11.2. The first-order valence-corrected chi connectivity index (χ1v) is 11.6. The smallest absolute Gasteiger partial charge is 0.264 e. The van der Waals surface area contributed by atoms with E-state index in [2.05, 4.69) is 10.1 Å². The maximum absolute atomic E-state index is 13.6. The monoisotopic (exact) mass is 523 g/mol. The molecule has 0 radical (unpaired) electrons. The molecule has 1 unspecified atom stereocenters. The van der Waals surface area contributed by atoms with Crippen molar-refractivity contribution in [2.75, 3.05) is 4.90 Å². The Kier molecular flexibility index (Phi) is 5.61. The molecular formula is C23H25Cl2F2N7O. The summed E-state index contributed by atoms with van der Waals surface area (Å²) in [5, 5.41) is 6.12. The lowest BCUT2D eigenvalue weighted by Gasteiger charge is -2.44. The Morgan fingerprint density at radius 3 is 2.54 bits per heavy atom. The van der Waals surface area contributed by atoms with Gasteiger partial charge in [0.25, 0.3) is 12.0 Å². The second-order valence-corrected chi connectivity index (χ2v) is 9.98. The highest BCUT2D eigenvalue weighted by Gasteiger charge is 2.51. The zero-order valence-electron chi connectivity index (χ0n) is 19.1. The van der Waals surface area contributed by atoms with Gasteiger partial charge in [0.15, 0.2) is 0 Å². The van der Waals surface area contributed by atoms with E-state index in [0.29, 0.717) is 33.1 Å². The number of nitrogens with one attached hydrogen (secondary N) is 1. The van der Waals surface area contributed by atoms with E-state index in [0.717, 1.165) is 23.7 Å². The van der Waals surface area contributed by atoms with Crippen LogP contribution in [0.25, 0.3) is 33.1 Å². The standard InChI is InChI=1S/C23H24ClF2N7O.ClH/c1-31-10-15-16(30-31)6-5-13(18(15)24)14-9-28-19-17(14)20(34)32(2)22(29-19)33-11-3-4-12(33)8-23(27,7-11)21(25)26;/h5-6,9-12,21,28H,3-4,7-8,27H2,1-2H3;1H/t11-,12+,23?;. The molecule has 6 rings (SSSR count). The number of fused-ring (bicyclic) bond motifs is 4. The predicted molar refractivity (Wildman–Crippen MR) is 135 cm³/mol. The number of hydrogen-bond donors (Lipinski definition) is 2. The highest BCUT2D eigenvalue weighted by atomic mass is 35.5. The van der Waals surface area contributed by atoms with Crippen LogP contribution in [0.15, 0.2) is 29.3 Å². The van der Waals surface area contributed by atoms with Gasteiger partial charge < -0.3 is 15.6 Å². The van der Waals surface area contributed by atoms with Crippen molar-refractivity contribution < 1.29 is 8.78 Å². The topological polar surface area (TPSA) is 97.8 Å². The number of benzene rings is 1. The Hall–Kier alpha value is -2.69. The van der Waals surface area contributed by atoms with E-state index in [9.17, 15) is 13.6 Å². The zero-order valence-corrected chi connectivity index (χ0v) is 20.7. The molecule has 35 heavy (non-hydrogen) atoms. The van der Waals surface area contributed by atoms with E-state index in [1.54, 1.807) is 17.9 Å². The Bertz CT molecular complexity index is 1500. The van der Waals surface area contributed by atoms with Crippen LogP contribution in [0.3, 0.4) is 0 Å². The average molecular weight is 524 g/mol. The van der Waals surface area contributed by atoms with Gasteiger partial charge in [-0.25, -0.2) is 8.78 Å². The third kappa shape index (κ3) is 3.45. The quantitative estimate of drug-likeness (QED) is 0.423. The number of nitrogens with two attached hydrogens (primary N) is 1. The summed E-state index contributed by atoms with van der Waals surface area (Å²) in [6.07, 6.45) is 2.84. The minimum Gasteiger partial charge on any atom is -0.345 e. The van der Waals surface area contributed by atoms with Gasteiger partial charge in [-0.2, -0.15) is 10.1 Å². The number of hydrogen-bond acceptors (Lipinski definition) is 5. The van der Waals surface area contributed by atoms with Gasteiger partial charge in [-0.15, -0.1) is 12.4 Å². The molecule has 186 valence electrons. The normalized spacial score (nSPS) is 24.0. The van der Waals surface area contributed by atoms with Gasteiger partial charge in [-0.05, 0) is 31.7 Å². The van der Waals surface area contributed by atoms with Crippen LogP contribution in [0, 0.1) is 0 Å². The molecular weight excluding hydrogens is 499 g/mol. The lowest BCUT2D eigenvalue weighted by atomic mass is 9.84. The summed E-state index contributed by atoms with van der Waals surface area (Å²) < 4.78 is 30.4. The molecule has 0 saturated carbocycles. The molecule has 0 aliphatic carbocycles. The van der Waals surface area contributed by atoms with Crippen LogP contribution in [0.1, 0.15) is 25.7 Å². The summed E-state index contributed by atoms with van der Waals surface area (Å²) in [5.41, 5.74) is 6.91. The molecule has 5 heterocycles. The molecule has 0 amide bonds. The fraction of sp³-hybridized carbons (Fsp3) is 0.435.